The van der Waals surface area contributed by atoms with Gasteiger partial charge in [0.2, 0.25) is 5.78 Å². The Labute approximate surface area is 167 Å². The van der Waals surface area contributed by atoms with Crippen LogP contribution < -0.4 is 0 Å². The molecule has 1 aromatic heterocycles. The first-order chi connectivity index (χ1) is 13.5. The third kappa shape index (κ3) is 3.46. The summed E-state index contributed by atoms with van der Waals surface area (Å²) in [5.41, 5.74) is 1.27. The number of para-hydroxylation sites is 1. The van der Waals surface area contributed by atoms with E-state index in [9.17, 15) is 13.2 Å². The number of carbonyl (C=O) groups excluding carboxylic acids is 1. The first-order valence-electron chi connectivity index (χ1n) is 8.54. The van der Waals surface area contributed by atoms with Gasteiger partial charge < -0.3 is 4.42 Å². The molecule has 4 aromatic rings. The summed E-state index contributed by atoms with van der Waals surface area (Å²) in [5.74, 6) is -0.650. The highest BCUT2D eigenvalue weighted by Crippen LogP contribution is 2.31. The normalized spacial score (nSPS) is 11.6. The fourth-order valence-corrected chi connectivity index (χ4v) is 4.57. The van der Waals surface area contributed by atoms with Crippen molar-refractivity contribution in [2.75, 3.05) is 0 Å². The van der Waals surface area contributed by atoms with Gasteiger partial charge in [0.25, 0.3) is 0 Å². The fraction of sp³-hybridized carbons (Fsp3) is 0.0455. The van der Waals surface area contributed by atoms with Crippen LogP contribution in [-0.2, 0) is 15.6 Å². The highest BCUT2D eigenvalue weighted by atomic mass is 35.5. The summed E-state index contributed by atoms with van der Waals surface area (Å²) in [5, 5.41) is 1.06. The molecule has 0 saturated heterocycles. The molecule has 28 heavy (non-hydrogen) atoms. The highest BCUT2D eigenvalue weighted by Gasteiger charge is 2.26. The monoisotopic (exact) mass is 410 g/mol. The largest absolute Gasteiger partial charge is 0.452 e. The molecular weight excluding hydrogens is 396 g/mol. The Morgan fingerprint density at radius 1 is 0.857 bits per heavy atom. The molecule has 0 aliphatic heterocycles. The van der Waals surface area contributed by atoms with Crippen molar-refractivity contribution in [3.63, 3.8) is 0 Å². The van der Waals surface area contributed by atoms with Crippen LogP contribution >= 0.6 is 11.6 Å². The predicted octanol–water partition coefficient (Wildman–Crippen LogP) is 5.29. The van der Waals surface area contributed by atoms with E-state index in [0.29, 0.717) is 27.1 Å². The number of carbonyl (C=O) groups is 1. The Morgan fingerprint density at radius 2 is 1.50 bits per heavy atom. The lowest BCUT2D eigenvalue weighted by Crippen LogP contribution is -2.09. The van der Waals surface area contributed by atoms with E-state index >= 15 is 0 Å². The molecule has 0 unspecified atom stereocenters. The second-order valence-corrected chi connectivity index (χ2v) is 8.74. The summed E-state index contributed by atoms with van der Waals surface area (Å²) in [6.07, 6.45) is 0. The van der Waals surface area contributed by atoms with Crippen molar-refractivity contribution in [2.45, 2.75) is 10.6 Å². The second kappa shape index (κ2) is 7.26. The number of hydrogen-bond acceptors (Lipinski definition) is 4. The van der Waals surface area contributed by atoms with Crippen molar-refractivity contribution in [3.05, 3.63) is 101 Å². The van der Waals surface area contributed by atoms with E-state index in [4.69, 9.17) is 16.0 Å². The maximum atomic E-state index is 13.0. The van der Waals surface area contributed by atoms with Crippen molar-refractivity contribution in [3.8, 4) is 0 Å². The van der Waals surface area contributed by atoms with Gasteiger partial charge in [0.05, 0.1) is 10.6 Å². The molecule has 1 heterocycles. The van der Waals surface area contributed by atoms with Crippen molar-refractivity contribution < 1.29 is 17.6 Å². The molecule has 0 fully saturated rings. The number of sulfone groups is 1. The molecule has 0 bridgehead atoms. The van der Waals surface area contributed by atoms with Gasteiger partial charge in [-0.2, -0.15) is 0 Å². The molecule has 6 heteroatoms. The number of fused-ring (bicyclic) bond motifs is 1. The lowest BCUT2D eigenvalue weighted by atomic mass is 10.0. The molecule has 0 saturated carbocycles. The molecule has 4 rings (SSSR count). The molecule has 0 aliphatic carbocycles. The lowest BCUT2D eigenvalue weighted by molar-refractivity contribution is 0.101. The topological polar surface area (TPSA) is 64.3 Å². The van der Waals surface area contributed by atoms with Gasteiger partial charge in [-0.15, -0.1) is 0 Å². The summed E-state index contributed by atoms with van der Waals surface area (Å²) in [6, 6.07) is 21.7. The van der Waals surface area contributed by atoms with E-state index in [1.165, 1.54) is 24.3 Å². The van der Waals surface area contributed by atoms with Crippen LogP contribution in [0.2, 0.25) is 5.02 Å². The van der Waals surface area contributed by atoms with Gasteiger partial charge in [-0.25, -0.2) is 8.42 Å². The number of ketones is 1. The molecular formula is C22H15ClO4S. The Bertz CT molecular complexity index is 1260. The quantitative estimate of drug-likeness (QED) is 0.419. The van der Waals surface area contributed by atoms with Crippen LogP contribution in [0, 0.1) is 0 Å². The van der Waals surface area contributed by atoms with Gasteiger partial charge in [0.1, 0.15) is 5.58 Å². The third-order valence-corrected chi connectivity index (χ3v) is 6.36. The summed E-state index contributed by atoms with van der Waals surface area (Å²) in [7, 11) is -3.70. The maximum Gasteiger partial charge on any atom is 0.228 e. The summed E-state index contributed by atoms with van der Waals surface area (Å²) < 4.78 is 31.7. The zero-order valence-electron chi connectivity index (χ0n) is 14.6. The van der Waals surface area contributed by atoms with Crippen molar-refractivity contribution in [1.82, 2.24) is 0 Å². The third-order valence-electron chi connectivity index (χ3n) is 4.45. The summed E-state index contributed by atoms with van der Waals surface area (Å²) >= 11 is 5.86. The maximum absolute atomic E-state index is 13.0. The van der Waals surface area contributed by atoms with E-state index in [-0.39, 0.29) is 22.2 Å². The van der Waals surface area contributed by atoms with Crippen LogP contribution in [0.15, 0.2) is 88.2 Å². The van der Waals surface area contributed by atoms with Crippen molar-refractivity contribution >= 4 is 38.2 Å². The minimum absolute atomic E-state index is 0.0462. The number of furan rings is 1. The van der Waals surface area contributed by atoms with Crippen LogP contribution in [0.5, 0.6) is 0 Å². The van der Waals surface area contributed by atoms with Crippen molar-refractivity contribution in [1.29, 1.82) is 0 Å². The zero-order valence-corrected chi connectivity index (χ0v) is 16.2. The van der Waals surface area contributed by atoms with Crippen LogP contribution in [0.4, 0.5) is 0 Å². The van der Waals surface area contributed by atoms with E-state index in [2.05, 4.69) is 0 Å². The average Bonchev–Trinajstić information content (AvgIpc) is 3.06. The van der Waals surface area contributed by atoms with E-state index in [1.807, 2.05) is 0 Å². The van der Waals surface area contributed by atoms with Crippen LogP contribution in [-0.4, -0.2) is 14.2 Å². The van der Waals surface area contributed by atoms with E-state index < -0.39 is 9.84 Å². The fourth-order valence-electron chi connectivity index (χ4n) is 3.06. The second-order valence-electron chi connectivity index (χ2n) is 6.31. The molecule has 0 spiro atoms. The van der Waals surface area contributed by atoms with Crippen molar-refractivity contribution in [2.24, 2.45) is 0 Å². The van der Waals surface area contributed by atoms with Crippen LogP contribution in [0.3, 0.4) is 0 Å². The van der Waals surface area contributed by atoms with E-state index in [0.717, 1.165) is 0 Å². The molecule has 4 nitrogen and oxygen atoms in total. The van der Waals surface area contributed by atoms with Gasteiger partial charge in [0.15, 0.2) is 15.6 Å². The smallest absolute Gasteiger partial charge is 0.228 e. The van der Waals surface area contributed by atoms with Crippen LogP contribution in [0.1, 0.15) is 21.7 Å². The first kappa shape index (κ1) is 18.5. The molecule has 0 atom stereocenters. The number of benzene rings is 3. The Kier molecular flexibility index (Phi) is 4.79. The first-order valence-corrected chi connectivity index (χ1v) is 10.6. The van der Waals surface area contributed by atoms with Crippen LogP contribution in [0.25, 0.3) is 11.0 Å². The molecule has 0 N–H and O–H groups in total. The van der Waals surface area contributed by atoms with Gasteiger partial charge >= 0.3 is 0 Å². The van der Waals surface area contributed by atoms with Gasteiger partial charge in [0, 0.05) is 21.5 Å². The molecule has 140 valence electrons. The summed E-state index contributed by atoms with van der Waals surface area (Å²) in [6.45, 7) is 0. The standard InChI is InChI=1S/C22H15ClO4S/c23-16-10-12-17(13-11-16)28(25,26)14-19-18-8-4-5-9-20(18)27-22(19)21(24)15-6-2-1-3-7-15/h1-13H,14H2. The molecule has 0 aliphatic rings. The lowest BCUT2D eigenvalue weighted by Gasteiger charge is -2.06. The van der Waals surface area contributed by atoms with Gasteiger partial charge in [-0.1, -0.05) is 60.1 Å². The van der Waals surface area contributed by atoms with Gasteiger partial charge in [-0.3, -0.25) is 4.79 Å². The minimum Gasteiger partial charge on any atom is -0.452 e. The Balaban J connectivity index is 1.84. The van der Waals surface area contributed by atoms with Gasteiger partial charge in [-0.05, 0) is 30.3 Å². The minimum atomic E-state index is -3.70. The Hall–Kier alpha value is -2.89. The molecule has 0 radical (unpaired) electrons. The number of rotatable bonds is 5. The summed E-state index contributed by atoms with van der Waals surface area (Å²) in [4.78, 5) is 13.1. The average molecular weight is 411 g/mol. The highest BCUT2D eigenvalue weighted by molar-refractivity contribution is 7.90. The molecule has 3 aromatic carbocycles. The molecule has 0 amide bonds. The SMILES string of the molecule is O=C(c1ccccc1)c1oc2ccccc2c1CS(=O)(=O)c1ccc(Cl)cc1. The number of hydrogen-bond donors (Lipinski definition) is 0. The Morgan fingerprint density at radius 3 is 2.21 bits per heavy atom. The predicted molar refractivity (Wildman–Crippen MR) is 108 cm³/mol. The number of halogens is 1. The van der Waals surface area contributed by atoms with E-state index in [1.54, 1.807) is 54.6 Å². The zero-order chi connectivity index (χ0) is 19.7.